The van der Waals surface area contributed by atoms with Gasteiger partial charge in [-0.1, -0.05) is 187 Å². The van der Waals surface area contributed by atoms with Gasteiger partial charge in [0.2, 0.25) is 0 Å². The summed E-state index contributed by atoms with van der Waals surface area (Å²) < 4.78 is 34.1. The Hall–Kier alpha value is -0.990. The average Bonchev–Trinajstić information content (AvgIpc) is 3.10. The Balaban J connectivity index is 4.07. The molecule has 0 radical (unpaired) electrons. The van der Waals surface area contributed by atoms with Gasteiger partial charge in [0.25, 0.3) is 0 Å². The maximum absolute atomic E-state index is 12.5. The molecule has 0 saturated heterocycles. The van der Waals surface area contributed by atoms with Gasteiger partial charge >= 0.3 is 19.8 Å². The third-order valence-corrected chi connectivity index (χ3v) is 10.9. The number of esters is 2. The molecule has 0 aromatic rings. The number of carbonyl (C=O) groups excluding carboxylic acids is 2. The van der Waals surface area contributed by atoms with Crippen LogP contribution in [0.25, 0.3) is 0 Å². The molecule has 0 aliphatic heterocycles. The van der Waals surface area contributed by atoms with Crippen LogP contribution in [0.2, 0.25) is 0 Å². The molecule has 2 atom stereocenters. The highest BCUT2D eigenvalue weighted by Gasteiger charge is 2.27. The molecule has 1 N–H and O–H groups in total. The molecule has 1 unspecified atom stereocenters. The van der Waals surface area contributed by atoms with Gasteiger partial charge < -0.3 is 18.9 Å². The summed E-state index contributed by atoms with van der Waals surface area (Å²) in [6.07, 6.45) is 36.1. The predicted octanol–water partition coefficient (Wildman–Crippen LogP) is 12.4. The van der Waals surface area contributed by atoms with Gasteiger partial charge in [0.1, 0.15) is 19.8 Å². The summed E-state index contributed by atoms with van der Waals surface area (Å²) in [5, 5.41) is 0. The van der Waals surface area contributed by atoms with E-state index in [2.05, 4.69) is 13.8 Å². The van der Waals surface area contributed by atoms with Crippen LogP contribution in [0.1, 0.15) is 213 Å². The van der Waals surface area contributed by atoms with Crippen LogP contribution in [-0.4, -0.2) is 74.9 Å². The lowest BCUT2D eigenvalue weighted by Crippen LogP contribution is -2.37. The summed E-state index contributed by atoms with van der Waals surface area (Å²) in [7, 11) is 1.49. The molecule has 0 aliphatic carbocycles. The van der Waals surface area contributed by atoms with Crippen molar-refractivity contribution < 1.29 is 42.1 Å². The number of nitrogens with zero attached hydrogens (tertiary/aromatic N) is 1. The predicted molar refractivity (Wildman–Crippen MR) is 220 cm³/mol. The Morgan fingerprint density at radius 3 is 1.21 bits per heavy atom. The fourth-order valence-electron chi connectivity index (χ4n) is 6.37. The zero-order chi connectivity index (χ0) is 39.3. The second-order valence-electron chi connectivity index (χ2n) is 16.5. The van der Waals surface area contributed by atoms with E-state index in [1.807, 2.05) is 21.1 Å². The lowest BCUT2D eigenvalue weighted by atomic mass is 10.0. The van der Waals surface area contributed by atoms with Gasteiger partial charge in [0, 0.05) is 12.8 Å². The maximum Gasteiger partial charge on any atom is 0.472 e. The van der Waals surface area contributed by atoms with Crippen molar-refractivity contribution in [3.8, 4) is 0 Å². The Kier molecular flexibility index (Phi) is 36.0. The maximum atomic E-state index is 12.5. The molecule has 0 aromatic heterocycles. The van der Waals surface area contributed by atoms with Gasteiger partial charge in [0.05, 0.1) is 27.7 Å². The Morgan fingerprint density at radius 1 is 0.509 bits per heavy atom. The first-order valence-electron chi connectivity index (χ1n) is 22.3. The molecule has 0 fully saturated rings. The first-order chi connectivity index (χ1) is 25.5. The zero-order valence-electron chi connectivity index (χ0n) is 35.5. The lowest BCUT2D eigenvalue weighted by Gasteiger charge is -2.24. The van der Waals surface area contributed by atoms with Crippen molar-refractivity contribution in [1.29, 1.82) is 0 Å². The van der Waals surface area contributed by atoms with Crippen molar-refractivity contribution in [2.75, 3.05) is 47.5 Å². The molecular formula is C43H87NO8P+. The van der Waals surface area contributed by atoms with Crippen molar-refractivity contribution in [2.45, 2.75) is 219 Å². The monoisotopic (exact) mass is 777 g/mol. The number of phosphoric ester groups is 1. The topological polar surface area (TPSA) is 108 Å². The van der Waals surface area contributed by atoms with E-state index in [9.17, 15) is 19.0 Å². The minimum absolute atomic E-state index is 0.0362. The molecule has 0 bridgehead atoms. The van der Waals surface area contributed by atoms with Crippen LogP contribution in [0.4, 0.5) is 0 Å². The SMILES string of the molecule is CCCCCCCCCCCCCCCCCCCCCCCCC(=O)OC[C@H](COP(=O)(O)OCC[N+](C)(C)C)OC(=O)CCCCCCCCC. The number of ether oxygens (including phenoxy) is 2. The van der Waals surface area contributed by atoms with Gasteiger partial charge in [-0.25, -0.2) is 4.57 Å². The van der Waals surface area contributed by atoms with E-state index in [0.29, 0.717) is 23.9 Å². The fourth-order valence-corrected chi connectivity index (χ4v) is 7.11. The van der Waals surface area contributed by atoms with E-state index in [1.54, 1.807) is 0 Å². The largest absolute Gasteiger partial charge is 0.472 e. The van der Waals surface area contributed by atoms with E-state index in [0.717, 1.165) is 38.5 Å². The van der Waals surface area contributed by atoms with E-state index >= 15 is 0 Å². The summed E-state index contributed by atoms with van der Waals surface area (Å²) in [6, 6.07) is 0. The number of likely N-dealkylation sites (N-methyl/N-ethyl adjacent to an activating group) is 1. The smallest absolute Gasteiger partial charge is 0.462 e. The van der Waals surface area contributed by atoms with Crippen LogP contribution in [0.3, 0.4) is 0 Å². The highest BCUT2D eigenvalue weighted by molar-refractivity contribution is 7.47. The molecular weight excluding hydrogens is 689 g/mol. The van der Waals surface area contributed by atoms with Crippen LogP contribution >= 0.6 is 7.82 Å². The van der Waals surface area contributed by atoms with Gasteiger partial charge in [-0.05, 0) is 12.8 Å². The normalized spacial score (nSPS) is 13.5. The van der Waals surface area contributed by atoms with Crippen LogP contribution in [0, 0.1) is 0 Å². The molecule has 316 valence electrons. The molecule has 0 aliphatic rings. The van der Waals surface area contributed by atoms with Crippen LogP contribution < -0.4 is 0 Å². The first kappa shape index (κ1) is 52.0. The number of rotatable bonds is 41. The molecule has 10 heteroatoms. The van der Waals surface area contributed by atoms with E-state index < -0.39 is 26.5 Å². The van der Waals surface area contributed by atoms with Crippen LogP contribution in [0.5, 0.6) is 0 Å². The van der Waals surface area contributed by atoms with Crippen molar-refractivity contribution in [1.82, 2.24) is 0 Å². The molecule has 0 aromatic carbocycles. The summed E-state index contributed by atoms with van der Waals surface area (Å²) in [4.78, 5) is 35.1. The van der Waals surface area contributed by atoms with Crippen molar-refractivity contribution in [3.05, 3.63) is 0 Å². The van der Waals surface area contributed by atoms with Crippen molar-refractivity contribution in [2.24, 2.45) is 0 Å². The quantitative estimate of drug-likeness (QED) is 0.0283. The summed E-state index contributed by atoms with van der Waals surface area (Å²) in [6.45, 7) is 4.40. The van der Waals surface area contributed by atoms with E-state index in [1.165, 1.54) is 141 Å². The number of unbranched alkanes of at least 4 members (excludes halogenated alkanes) is 27. The molecule has 0 saturated carbocycles. The number of phosphoric acid groups is 1. The summed E-state index contributed by atoms with van der Waals surface area (Å²) in [5.41, 5.74) is 0. The number of hydrogen-bond acceptors (Lipinski definition) is 7. The second-order valence-corrected chi connectivity index (χ2v) is 17.9. The van der Waals surface area contributed by atoms with Crippen molar-refractivity contribution >= 4 is 19.8 Å². The third-order valence-electron chi connectivity index (χ3n) is 9.89. The van der Waals surface area contributed by atoms with E-state index in [4.69, 9.17) is 18.5 Å². The van der Waals surface area contributed by atoms with Crippen LogP contribution in [0.15, 0.2) is 0 Å². The minimum atomic E-state index is -4.36. The molecule has 0 heterocycles. The molecule has 0 rings (SSSR count). The summed E-state index contributed by atoms with van der Waals surface area (Å²) in [5.74, 6) is -0.792. The summed E-state index contributed by atoms with van der Waals surface area (Å²) >= 11 is 0. The molecule has 0 spiro atoms. The van der Waals surface area contributed by atoms with Gasteiger partial charge in [-0.15, -0.1) is 0 Å². The van der Waals surface area contributed by atoms with Gasteiger partial charge in [0.15, 0.2) is 6.10 Å². The average molecular weight is 777 g/mol. The molecule has 9 nitrogen and oxygen atoms in total. The molecule has 53 heavy (non-hydrogen) atoms. The molecule has 0 amide bonds. The number of carbonyl (C=O) groups is 2. The fraction of sp³-hybridized carbons (Fsp3) is 0.953. The number of hydrogen-bond donors (Lipinski definition) is 1. The van der Waals surface area contributed by atoms with E-state index in [-0.39, 0.29) is 25.6 Å². The zero-order valence-corrected chi connectivity index (χ0v) is 36.4. The van der Waals surface area contributed by atoms with Gasteiger partial charge in [-0.2, -0.15) is 0 Å². The third kappa shape index (κ3) is 40.5. The first-order valence-corrected chi connectivity index (χ1v) is 23.8. The van der Waals surface area contributed by atoms with Crippen LogP contribution in [-0.2, 0) is 32.7 Å². The Labute approximate surface area is 327 Å². The Bertz CT molecular complexity index is 881. The second kappa shape index (κ2) is 36.6. The highest BCUT2D eigenvalue weighted by atomic mass is 31.2. The lowest BCUT2D eigenvalue weighted by molar-refractivity contribution is -0.870. The highest BCUT2D eigenvalue weighted by Crippen LogP contribution is 2.43. The van der Waals surface area contributed by atoms with Gasteiger partial charge in [-0.3, -0.25) is 18.6 Å². The minimum Gasteiger partial charge on any atom is -0.462 e. The Morgan fingerprint density at radius 2 is 0.849 bits per heavy atom. The number of quaternary nitrogens is 1. The standard InChI is InChI=1S/C43H86NO8P/c1-6-8-10-12-14-15-16-17-18-19-20-21-22-23-24-25-26-27-28-30-31-33-35-42(45)49-39-41(40-51-53(47,48)50-38-37-44(3,4)5)52-43(46)36-34-32-29-13-11-9-7-2/h41H,6-40H2,1-5H3/p+1/t41-/m1/s1. The van der Waals surface area contributed by atoms with Crippen molar-refractivity contribution in [3.63, 3.8) is 0 Å².